The first-order valence-corrected chi connectivity index (χ1v) is 30.5. The zero-order valence-electron chi connectivity index (χ0n) is 35.8. The summed E-state index contributed by atoms with van der Waals surface area (Å²) in [5, 5.41) is 10.8. The first-order chi connectivity index (χ1) is 25.9. The molecule has 56 heavy (non-hydrogen) atoms. The van der Waals surface area contributed by atoms with Crippen molar-refractivity contribution in [3.63, 3.8) is 0 Å². The summed E-state index contributed by atoms with van der Waals surface area (Å²) >= 11 is 0. The molecule has 0 aromatic carbocycles. The highest BCUT2D eigenvalue weighted by molar-refractivity contribution is 6.98. The van der Waals surface area contributed by atoms with E-state index in [1.807, 2.05) is 6.92 Å². The SMILES string of the molecule is CCC(C)(CC(C)(CC(C)(CC(=O)OC)C1C(=O)OC(=O)C1C1C2CC(C(=O)OCO[Si]3(C)C[Si](C)C[Si](C)C[Si](C)C3)C(C2)C1C)C(=O)O)C(=O)OC(C)C. The van der Waals surface area contributed by atoms with Crippen LogP contribution < -0.4 is 0 Å². The average Bonchev–Trinajstić information content (AvgIpc) is 3.73. The summed E-state index contributed by atoms with van der Waals surface area (Å²) in [5.41, 5.74) is 0.976. The number of ether oxygens (including phenoxy) is 4. The van der Waals surface area contributed by atoms with Gasteiger partial charge in [-0.3, -0.25) is 28.8 Å². The Morgan fingerprint density at radius 2 is 1.55 bits per heavy atom. The summed E-state index contributed by atoms with van der Waals surface area (Å²) in [6, 6.07) is 0. The molecule has 0 aromatic rings. The van der Waals surface area contributed by atoms with Crippen LogP contribution in [-0.4, -0.2) is 95.6 Å². The minimum Gasteiger partial charge on any atom is -0.481 e. The van der Waals surface area contributed by atoms with Gasteiger partial charge in [0.05, 0.1) is 48.2 Å². The van der Waals surface area contributed by atoms with E-state index in [-0.39, 0.29) is 70.4 Å². The van der Waals surface area contributed by atoms with E-state index in [0.29, 0.717) is 19.3 Å². The van der Waals surface area contributed by atoms with Crippen molar-refractivity contribution in [2.24, 2.45) is 57.7 Å². The number of carboxylic acids is 1. The van der Waals surface area contributed by atoms with Crippen molar-refractivity contribution in [2.75, 3.05) is 13.9 Å². The molecule has 315 valence electrons. The molecule has 2 bridgehead atoms. The van der Waals surface area contributed by atoms with E-state index in [1.54, 1.807) is 34.6 Å². The molecule has 2 aliphatic heterocycles. The molecule has 3 radical (unpaired) electrons. The summed E-state index contributed by atoms with van der Waals surface area (Å²) in [5.74, 6) is -7.26. The fourth-order valence-electron chi connectivity index (χ4n) is 11.6. The standard InChI is InChI=1S/C40H67O12Si4/c1-13-38(5,37(47)51-24(2)3)17-40(7,36(45)46)18-39(6,16-29(41)48-8)32-31(34(43)52-35(32)44)30-25(4)27-14-26(30)15-28(27)33(42)49-19-50-56(12)22-54(10)20-53(9)21-55(11)23-56/h24-28,30-32H,13-23H2,1-12H3,(H,45,46). The monoisotopic (exact) mass is 851 g/mol. The van der Waals surface area contributed by atoms with Crippen LogP contribution >= 0.6 is 0 Å². The lowest BCUT2D eigenvalue weighted by atomic mass is 9.56. The minimum atomic E-state index is -1.99. The number of esters is 5. The van der Waals surface area contributed by atoms with Gasteiger partial charge in [0.25, 0.3) is 0 Å². The Labute approximate surface area is 340 Å². The molecule has 10 atom stereocenters. The zero-order valence-corrected chi connectivity index (χ0v) is 39.8. The third kappa shape index (κ3) is 10.2. The Kier molecular flexibility index (Phi) is 15.0. The van der Waals surface area contributed by atoms with Gasteiger partial charge < -0.3 is 28.5 Å². The molecule has 2 heterocycles. The third-order valence-electron chi connectivity index (χ3n) is 13.7. The predicted molar refractivity (Wildman–Crippen MR) is 218 cm³/mol. The van der Waals surface area contributed by atoms with Crippen LogP contribution in [0.3, 0.4) is 0 Å². The fraction of sp³-hybridized carbons (Fsp3) is 0.850. The second kappa shape index (κ2) is 18.0. The number of carboxylic acid groups (broad SMARTS) is 1. The number of carbonyl (C=O) groups excluding carboxylic acids is 5. The molecule has 2 saturated heterocycles. The molecule has 4 aliphatic rings. The smallest absolute Gasteiger partial charge is 0.318 e. The number of hydrogen-bond acceptors (Lipinski definition) is 11. The van der Waals surface area contributed by atoms with Gasteiger partial charge in [-0.2, -0.15) is 0 Å². The maximum atomic E-state index is 13.9. The van der Waals surface area contributed by atoms with Crippen molar-refractivity contribution < 1.29 is 57.2 Å². The Morgan fingerprint density at radius 3 is 2.07 bits per heavy atom. The van der Waals surface area contributed by atoms with Crippen molar-refractivity contribution in [3.8, 4) is 0 Å². The van der Waals surface area contributed by atoms with Gasteiger partial charge >= 0.3 is 35.8 Å². The van der Waals surface area contributed by atoms with Crippen LogP contribution in [0.25, 0.3) is 0 Å². The van der Waals surface area contributed by atoms with Crippen LogP contribution in [0, 0.1) is 57.7 Å². The lowest BCUT2D eigenvalue weighted by Crippen LogP contribution is -2.49. The highest BCUT2D eigenvalue weighted by Gasteiger charge is 2.65. The molecule has 10 unspecified atom stereocenters. The van der Waals surface area contributed by atoms with Crippen molar-refractivity contribution in [3.05, 3.63) is 0 Å². The summed E-state index contributed by atoms with van der Waals surface area (Å²) in [4.78, 5) is 80.9. The van der Waals surface area contributed by atoms with E-state index in [0.717, 1.165) is 0 Å². The maximum Gasteiger partial charge on any atom is 0.318 e. The van der Waals surface area contributed by atoms with Crippen LogP contribution in [0.15, 0.2) is 0 Å². The second-order valence-electron chi connectivity index (χ2n) is 19.4. The van der Waals surface area contributed by atoms with Gasteiger partial charge in [-0.15, -0.1) is 0 Å². The van der Waals surface area contributed by atoms with Crippen molar-refractivity contribution in [1.29, 1.82) is 0 Å². The number of hydrogen-bond donors (Lipinski definition) is 1. The molecule has 0 amide bonds. The maximum absolute atomic E-state index is 13.9. The van der Waals surface area contributed by atoms with Crippen molar-refractivity contribution in [1.82, 2.24) is 0 Å². The molecular formula is C40H67O12Si4. The van der Waals surface area contributed by atoms with E-state index in [4.69, 9.17) is 23.4 Å². The predicted octanol–water partition coefficient (Wildman–Crippen LogP) is 6.66. The van der Waals surface area contributed by atoms with Crippen LogP contribution in [0.5, 0.6) is 0 Å². The fourth-order valence-corrected chi connectivity index (χ4v) is 37.7. The van der Waals surface area contributed by atoms with Crippen molar-refractivity contribution in [2.45, 2.75) is 142 Å². The Balaban J connectivity index is 1.55. The molecule has 0 aromatic heterocycles. The number of methoxy groups -OCH3 is 1. The van der Waals surface area contributed by atoms with Gasteiger partial charge in [0, 0.05) is 26.4 Å². The Bertz CT molecular complexity index is 1490. The second-order valence-corrected chi connectivity index (χ2v) is 34.0. The van der Waals surface area contributed by atoms with Crippen molar-refractivity contribution >= 4 is 70.5 Å². The van der Waals surface area contributed by atoms with Crippen LogP contribution in [0.2, 0.25) is 48.9 Å². The van der Waals surface area contributed by atoms with E-state index in [1.165, 1.54) is 36.7 Å². The van der Waals surface area contributed by atoms with E-state index < -0.39 is 89.9 Å². The average molecular weight is 852 g/mol. The first-order valence-electron chi connectivity index (χ1n) is 20.4. The number of fused-ring (bicyclic) bond motifs is 2. The first kappa shape index (κ1) is 46.5. The molecule has 2 aliphatic carbocycles. The molecule has 2 saturated carbocycles. The van der Waals surface area contributed by atoms with E-state index in [9.17, 15) is 33.9 Å². The van der Waals surface area contributed by atoms with Gasteiger partial charge in [0.2, 0.25) is 0 Å². The van der Waals surface area contributed by atoms with Crippen LogP contribution in [-0.2, 0) is 52.1 Å². The summed E-state index contributed by atoms with van der Waals surface area (Å²) in [6.45, 7) is 21.7. The van der Waals surface area contributed by atoms with Crippen LogP contribution in [0.1, 0.15) is 87.0 Å². The largest absolute Gasteiger partial charge is 0.481 e. The molecular weight excluding hydrogens is 785 g/mol. The van der Waals surface area contributed by atoms with E-state index in [2.05, 4.69) is 26.2 Å². The van der Waals surface area contributed by atoms with Gasteiger partial charge in [-0.05, 0) is 107 Å². The van der Waals surface area contributed by atoms with E-state index >= 15 is 0 Å². The molecule has 4 rings (SSSR count). The molecule has 16 heteroatoms. The lowest BCUT2D eigenvalue weighted by molar-refractivity contribution is -0.168. The van der Waals surface area contributed by atoms with Gasteiger partial charge in [-0.25, -0.2) is 0 Å². The Morgan fingerprint density at radius 1 is 0.946 bits per heavy atom. The van der Waals surface area contributed by atoms with Crippen LogP contribution in [0.4, 0.5) is 0 Å². The zero-order chi connectivity index (χ0) is 42.1. The highest BCUT2D eigenvalue weighted by atomic mass is 28.4. The molecule has 4 fully saturated rings. The molecule has 12 nitrogen and oxygen atoms in total. The Hall–Kier alpha value is -2.15. The normalized spacial score (nSPS) is 31.8. The summed E-state index contributed by atoms with van der Waals surface area (Å²) in [7, 11) is -1.95. The quantitative estimate of drug-likeness (QED) is 0.0578. The molecule has 1 N–H and O–H groups in total. The summed E-state index contributed by atoms with van der Waals surface area (Å²) < 4.78 is 28.4. The number of carbonyl (C=O) groups is 6. The van der Waals surface area contributed by atoms with Gasteiger partial charge in [0.15, 0.2) is 15.1 Å². The minimum absolute atomic E-state index is 0.0203. The number of aliphatic carboxylic acids is 1. The van der Waals surface area contributed by atoms with Gasteiger partial charge in [-0.1, -0.05) is 51.7 Å². The topological polar surface area (TPSA) is 169 Å². The highest BCUT2D eigenvalue weighted by Crippen LogP contribution is 2.62. The number of rotatable bonds is 16. The third-order valence-corrected chi connectivity index (χ3v) is 35.0. The molecule has 0 spiro atoms. The lowest BCUT2D eigenvalue weighted by Gasteiger charge is -2.45. The van der Waals surface area contributed by atoms with Gasteiger partial charge in [0.1, 0.15) is 0 Å². The number of cyclic esters (lactones) is 2. The summed E-state index contributed by atoms with van der Waals surface area (Å²) in [6.07, 6.45) is 0.374.